The van der Waals surface area contributed by atoms with Gasteiger partial charge in [-0.25, -0.2) is 0 Å². The molecule has 2 nitrogen and oxygen atoms in total. The molecule has 0 saturated carbocycles. The van der Waals surface area contributed by atoms with Crippen molar-refractivity contribution in [3.8, 4) is 33.4 Å². The van der Waals surface area contributed by atoms with E-state index in [0.717, 1.165) is 39.0 Å². The van der Waals surface area contributed by atoms with Crippen LogP contribution in [0.2, 0.25) is 0 Å². The molecule has 0 bridgehead atoms. The maximum Gasteiger partial charge on any atom is 0.137 e. The fourth-order valence-corrected chi connectivity index (χ4v) is 9.24. The van der Waals surface area contributed by atoms with Crippen LogP contribution in [-0.2, 0) is 5.41 Å². The summed E-state index contributed by atoms with van der Waals surface area (Å²) in [5.41, 5.74) is 14.9. The SMILES string of the molecule is CC1(C)c2ccccc2-c2ccc(N(c3ccc4c(c3)oc3ccccc34)c3cccc(-c4ccccc4)c3-c3cc4ccccc4c4ccccc34)cc21. The third kappa shape index (κ3) is 4.81. The minimum Gasteiger partial charge on any atom is -0.456 e. The highest BCUT2D eigenvalue weighted by molar-refractivity contribution is 6.17. The van der Waals surface area contributed by atoms with E-state index in [9.17, 15) is 0 Å². The molecule has 260 valence electrons. The second-order valence-corrected chi connectivity index (χ2v) is 15.3. The third-order valence-electron chi connectivity index (χ3n) is 11.9. The van der Waals surface area contributed by atoms with E-state index in [-0.39, 0.29) is 5.41 Å². The molecule has 1 heterocycles. The van der Waals surface area contributed by atoms with Crippen molar-refractivity contribution < 1.29 is 4.42 Å². The van der Waals surface area contributed by atoms with Crippen molar-refractivity contribution in [3.63, 3.8) is 0 Å². The summed E-state index contributed by atoms with van der Waals surface area (Å²) in [5, 5.41) is 7.19. The van der Waals surface area contributed by atoms with E-state index in [1.165, 1.54) is 66.1 Å². The lowest BCUT2D eigenvalue weighted by molar-refractivity contribution is 0.660. The summed E-state index contributed by atoms with van der Waals surface area (Å²) in [6.07, 6.45) is 0. The first-order valence-electron chi connectivity index (χ1n) is 19.1. The van der Waals surface area contributed by atoms with Gasteiger partial charge < -0.3 is 9.32 Å². The number of benzene rings is 9. The fourth-order valence-electron chi connectivity index (χ4n) is 9.24. The van der Waals surface area contributed by atoms with Gasteiger partial charge in [-0.3, -0.25) is 0 Å². The number of para-hydroxylation sites is 1. The van der Waals surface area contributed by atoms with E-state index >= 15 is 0 Å². The molecule has 0 spiro atoms. The van der Waals surface area contributed by atoms with Crippen LogP contribution in [0.5, 0.6) is 0 Å². The zero-order valence-electron chi connectivity index (χ0n) is 30.8. The minimum atomic E-state index is -0.153. The Morgan fingerprint density at radius 1 is 0.400 bits per heavy atom. The van der Waals surface area contributed by atoms with Gasteiger partial charge in [0.2, 0.25) is 0 Å². The molecule has 0 aliphatic heterocycles. The molecule has 0 amide bonds. The van der Waals surface area contributed by atoms with Gasteiger partial charge in [0.05, 0.1) is 5.69 Å². The van der Waals surface area contributed by atoms with Gasteiger partial charge in [-0.05, 0) is 103 Å². The van der Waals surface area contributed by atoms with Crippen LogP contribution in [0.3, 0.4) is 0 Å². The molecule has 0 radical (unpaired) electrons. The number of furan rings is 1. The Kier molecular flexibility index (Phi) is 6.93. The molecule has 10 aromatic rings. The van der Waals surface area contributed by atoms with Crippen LogP contribution in [0.25, 0.3) is 76.9 Å². The predicted molar refractivity (Wildman–Crippen MR) is 232 cm³/mol. The number of hydrogen-bond donors (Lipinski definition) is 0. The second-order valence-electron chi connectivity index (χ2n) is 15.3. The number of nitrogens with zero attached hydrogens (tertiary/aromatic N) is 1. The van der Waals surface area contributed by atoms with E-state index < -0.39 is 0 Å². The molecule has 0 N–H and O–H groups in total. The van der Waals surface area contributed by atoms with Crippen molar-refractivity contribution in [3.05, 3.63) is 199 Å². The van der Waals surface area contributed by atoms with Crippen molar-refractivity contribution in [2.45, 2.75) is 19.3 Å². The first-order valence-corrected chi connectivity index (χ1v) is 19.1. The molecule has 0 atom stereocenters. The lowest BCUT2D eigenvalue weighted by Gasteiger charge is -2.31. The Balaban J connectivity index is 1.24. The summed E-state index contributed by atoms with van der Waals surface area (Å²) < 4.78 is 6.55. The Hall–Kier alpha value is -6.90. The molecule has 2 heteroatoms. The molecule has 0 fully saturated rings. The lowest BCUT2D eigenvalue weighted by Crippen LogP contribution is -2.17. The molecule has 1 aliphatic carbocycles. The van der Waals surface area contributed by atoms with Crippen LogP contribution in [-0.4, -0.2) is 0 Å². The second kappa shape index (κ2) is 12.1. The van der Waals surface area contributed by atoms with E-state index in [1.54, 1.807) is 0 Å². The predicted octanol–water partition coefficient (Wildman–Crippen LogP) is 15.0. The first-order chi connectivity index (χ1) is 27.0. The van der Waals surface area contributed by atoms with Gasteiger partial charge in [0.15, 0.2) is 0 Å². The summed E-state index contributed by atoms with van der Waals surface area (Å²) in [6.45, 7) is 4.71. The average molecular weight is 704 g/mol. The van der Waals surface area contributed by atoms with Gasteiger partial charge in [0.25, 0.3) is 0 Å². The Bertz CT molecular complexity index is 3130. The lowest BCUT2D eigenvalue weighted by atomic mass is 9.82. The maximum absolute atomic E-state index is 6.55. The molecule has 55 heavy (non-hydrogen) atoms. The fraction of sp³-hybridized carbons (Fsp3) is 0.0566. The van der Waals surface area contributed by atoms with Crippen LogP contribution < -0.4 is 4.90 Å². The highest BCUT2D eigenvalue weighted by atomic mass is 16.3. The highest BCUT2D eigenvalue weighted by Crippen LogP contribution is 2.53. The van der Waals surface area contributed by atoms with E-state index in [4.69, 9.17) is 4.42 Å². The molecule has 1 aromatic heterocycles. The summed E-state index contributed by atoms with van der Waals surface area (Å²) in [4.78, 5) is 2.46. The maximum atomic E-state index is 6.55. The van der Waals surface area contributed by atoms with Crippen molar-refractivity contribution in [2.75, 3.05) is 4.90 Å². The van der Waals surface area contributed by atoms with E-state index in [1.807, 2.05) is 6.07 Å². The zero-order chi connectivity index (χ0) is 36.7. The summed E-state index contributed by atoms with van der Waals surface area (Å²) in [5.74, 6) is 0. The molecule has 0 unspecified atom stereocenters. The topological polar surface area (TPSA) is 16.4 Å². The van der Waals surface area contributed by atoms with Crippen LogP contribution in [0, 0.1) is 0 Å². The first kappa shape index (κ1) is 31.6. The highest BCUT2D eigenvalue weighted by Gasteiger charge is 2.36. The summed E-state index contributed by atoms with van der Waals surface area (Å²) in [7, 11) is 0. The number of rotatable bonds is 5. The molecular formula is C53H37NO. The van der Waals surface area contributed by atoms with Crippen molar-refractivity contribution in [2.24, 2.45) is 0 Å². The van der Waals surface area contributed by atoms with Gasteiger partial charge in [0, 0.05) is 39.2 Å². The van der Waals surface area contributed by atoms with Crippen molar-refractivity contribution >= 4 is 60.5 Å². The molecule has 9 aromatic carbocycles. The normalized spacial score (nSPS) is 13.1. The monoisotopic (exact) mass is 703 g/mol. The minimum absolute atomic E-state index is 0.153. The van der Waals surface area contributed by atoms with Gasteiger partial charge in [-0.2, -0.15) is 0 Å². The number of fused-ring (bicyclic) bond motifs is 9. The molecule has 1 aliphatic rings. The zero-order valence-corrected chi connectivity index (χ0v) is 30.8. The van der Waals surface area contributed by atoms with E-state index in [2.05, 4.69) is 201 Å². The number of hydrogen-bond acceptors (Lipinski definition) is 2. The number of anilines is 3. The van der Waals surface area contributed by atoms with Gasteiger partial charge in [0.1, 0.15) is 11.2 Å². The summed E-state index contributed by atoms with van der Waals surface area (Å²) >= 11 is 0. The molecule has 11 rings (SSSR count). The third-order valence-corrected chi connectivity index (χ3v) is 11.9. The largest absolute Gasteiger partial charge is 0.456 e. The summed E-state index contributed by atoms with van der Waals surface area (Å²) in [6, 6.07) is 68.6. The average Bonchev–Trinajstić information content (AvgIpc) is 3.72. The van der Waals surface area contributed by atoms with Crippen LogP contribution in [0.4, 0.5) is 17.1 Å². The Labute approximate surface area is 320 Å². The van der Waals surface area contributed by atoms with Gasteiger partial charge in [-0.15, -0.1) is 0 Å². The van der Waals surface area contributed by atoms with Crippen LogP contribution >= 0.6 is 0 Å². The Morgan fingerprint density at radius 3 is 1.91 bits per heavy atom. The van der Waals surface area contributed by atoms with Crippen LogP contribution in [0.15, 0.2) is 192 Å². The van der Waals surface area contributed by atoms with Crippen molar-refractivity contribution in [1.82, 2.24) is 0 Å². The molecule has 0 saturated heterocycles. The standard InChI is InChI=1S/C53H37NO/c1-53(2)47-24-12-10-21-42(47)43-29-27-36(32-48(43)53)54(37-28-30-45-44-22-11-13-26-50(44)55-51(45)33-37)49-25-14-23-39(34-15-4-3-5-16-34)52(49)46-31-35-17-6-7-18-38(35)40-19-8-9-20-41(40)46/h3-33H,1-2H3. The van der Waals surface area contributed by atoms with Gasteiger partial charge >= 0.3 is 0 Å². The van der Waals surface area contributed by atoms with Crippen molar-refractivity contribution in [1.29, 1.82) is 0 Å². The molecular weight excluding hydrogens is 667 g/mol. The van der Waals surface area contributed by atoms with E-state index in [0.29, 0.717) is 0 Å². The Morgan fingerprint density at radius 2 is 1.04 bits per heavy atom. The van der Waals surface area contributed by atoms with Crippen LogP contribution in [0.1, 0.15) is 25.0 Å². The van der Waals surface area contributed by atoms with Gasteiger partial charge in [-0.1, -0.05) is 153 Å². The smallest absolute Gasteiger partial charge is 0.137 e. The quantitative estimate of drug-likeness (QED) is 0.166.